The number of thiocarbonyl (C=S) groups is 1. The molecule has 0 aromatic heterocycles. The lowest BCUT2D eigenvalue weighted by Crippen LogP contribution is -2.17. The lowest BCUT2D eigenvalue weighted by atomic mass is 10.1. The standard InChI is InChI=1S/C18H19NO2S2/c1-2-12-8-10-13(11-9-12)15-16(18(19)22)17(15)23(20,21)14-6-4-3-5-7-14/h3-11,15-17H,2H2,1H3,(H2,19,22)/t15-,16+,17+/m0/s1. The van der Waals surface area contributed by atoms with Crippen LogP contribution in [0, 0.1) is 5.92 Å². The van der Waals surface area contributed by atoms with Crippen molar-refractivity contribution in [1.29, 1.82) is 0 Å². The Balaban J connectivity index is 1.96. The summed E-state index contributed by atoms with van der Waals surface area (Å²) in [6.45, 7) is 2.09. The van der Waals surface area contributed by atoms with Crippen LogP contribution in [0.3, 0.4) is 0 Å². The molecule has 0 spiro atoms. The zero-order valence-electron chi connectivity index (χ0n) is 12.8. The van der Waals surface area contributed by atoms with Crippen LogP contribution in [0.5, 0.6) is 0 Å². The lowest BCUT2D eigenvalue weighted by molar-refractivity contribution is 0.593. The van der Waals surface area contributed by atoms with Gasteiger partial charge in [0, 0.05) is 11.8 Å². The Kier molecular flexibility index (Phi) is 4.25. The summed E-state index contributed by atoms with van der Waals surface area (Å²) < 4.78 is 25.8. The van der Waals surface area contributed by atoms with Gasteiger partial charge in [-0.1, -0.05) is 61.6 Å². The topological polar surface area (TPSA) is 60.2 Å². The van der Waals surface area contributed by atoms with Gasteiger partial charge in [0.25, 0.3) is 0 Å². The summed E-state index contributed by atoms with van der Waals surface area (Å²) in [5.74, 6) is -0.439. The van der Waals surface area contributed by atoms with Gasteiger partial charge in [-0.3, -0.25) is 0 Å². The molecule has 0 heterocycles. The summed E-state index contributed by atoms with van der Waals surface area (Å²) in [6, 6.07) is 16.6. The van der Waals surface area contributed by atoms with Crippen LogP contribution in [0.25, 0.3) is 0 Å². The molecule has 3 atom stereocenters. The fourth-order valence-corrected chi connectivity index (χ4v) is 5.70. The molecule has 0 unspecified atom stereocenters. The maximum absolute atomic E-state index is 12.9. The quantitative estimate of drug-likeness (QED) is 0.846. The van der Waals surface area contributed by atoms with Gasteiger partial charge in [0.05, 0.1) is 15.1 Å². The summed E-state index contributed by atoms with van der Waals surface area (Å²) in [5, 5.41) is -0.560. The third-order valence-corrected chi connectivity index (χ3v) is 6.99. The van der Waals surface area contributed by atoms with Crippen molar-refractivity contribution in [2.45, 2.75) is 29.4 Å². The van der Waals surface area contributed by atoms with Crippen LogP contribution >= 0.6 is 12.2 Å². The first kappa shape index (κ1) is 16.1. The molecule has 0 aliphatic heterocycles. The second-order valence-electron chi connectivity index (χ2n) is 5.87. The fourth-order valence-electron chi connectivity index (χ4n) is 3.15. The van der Waals surface area contributed by atoms with Crippen LogP contribution in [0.4, 0.5) is 0 Å². The van der Waals surface area contributed by atoms with Gasteiger partial charge in [-0.2, -0.15) is 0 Å². The second kappa shape index (κ2) is 6.06. The van der Waals surface area contributed by atoms with E-state index in [1.54, 1.807) is 30.3 Å². The van der Waals surface area contributed by atoms with Gasteiger partial charge in [0.2, 0.25) is 0 Å². The van der Waals surface area contributed by atoms with E-state index in [0.717, 1.165) is 12.0 Å². The highest BCUT2D eigenvalue weighted by molar-refractivity contribution is 7.92. The highest BCUT2D eigenvalue weighted by atomic mass is 32.2. The maximum atomic E-state index is 12.9. The van der Waals surface area contributed by atoms with Crippen LogP contribution in [0.1, 0.15) is 24.0 Å². The highest BCUT2D eigenvalue weighted by Crippen LogP contribution is 2.54. The Morgan fingerprint density at radius 3 is 2.22 bits per heavy atom. The van der Waals surface area contributed by atoms with E-state index in [2.05, 4.69) is 6.92 Å². The van der Waals surface area contributed by atoms with Gasteiger partial charge in [-0.15, -0.1) is 0 Å². The van der Waals surface area contributed by atoms with Gasteiger partial charge in [0.15, 0.2) is 9.84 Å². The molecule has 1 saturated carbocycles. The van der Waals surface area contributed by atoms with E-state index in [4.69, 9.17) is 18.0 Å². The first-order valence-electron chi connectivity index (χ1n) is 7.64. The van der Waals surface area contributed by atoms with Crippen LogP contribution in [0.2, 0.25) is 0 Å². The maximum Gasteiger partial charge on any atom is 0.182 e. The van der Waals surface area contributed by atoms with Crippen molar-refractivity contribution in [2.75, 3.05) is 0 Å². The molecule has 120 valence electrons. The Morgan fingerprint density at radius 2 is 1.70 bits per heavy atom. The number of aryl methyl sites for hydroxylation is 1. The van der Waals surface area contributed by atoms with Gasteiger partial charge < -0.3 is 5.73 Å². The molecule has 5 heteroatoms. The van der Waals surface area contributed by atoms with Gasteiger partial charge in [0.1, 0.15) is 0 Å². The molecule has 3 nitrogen and oxygen atoms in total. The Bertz CT molecular complexity index is 814. The van der Waals surface area contributed by atoms with E-state index in [0.29, 0.717) is 4.90 Å². The third kappa shape index (κ3) is 2.91. The molecule has 0 saturated heterocycles. The van der Waals surface area contributed by atoms with E-state index in [-0.39, 0.29) is 16.8 Å². The molecule has 2 aromatic rings. The molecule has 0 radical (unpaired) electrons. The van der Waals surface area contributed by atoms with Gasteiger partial charge in [-0.05, 0) is 29.7 Å². The third-order valence-electron chi connectivity index (χ3n) is 4.49. The van der Waals surface area contributed by atoms with Crippen molar-refractivity contribution >= 4 is 27.0 Å². The minimum Gasteiger partial charge on any atom is -0.393 e. The summed E-state index contributed by atoms with van der Waals surface area (Å²) in [4.78, 5) is 0.609. The monoisotopic (exact) mass is 345 g/mol. The first-order valence-corrected chi connectivity index (χ1v) is 9.59. The normalized spacial score (nSPS) is 23.4. The number of benzene rings is 2. The SMILES string of the molecule is CCc1ccc([C@H]2[C@@H](C(N)=S)[C@@H]2S(=O)(=O)c2ccccc2)cc1. The van der Waals surface area contributed by atoms with Crippen molar-refractivity contribution in [3.63, 3.8) is 0 Å². The minimum absolute atomic E-state index is 0.149. The lowest BCUT2D eigenvalue weighted by Gasteiger charge is -2.04. The van der Waals surface area contributed by atoms with Crippen LogP contribution in [-0.4, -0.2) is 18.7 Å². The van der Waals surface area contributed by atoms with Crippen LogP contribution in [0.15, 0.2) is 59.5 Å². The van der Waals surface area contributed by atoms with E-state index in [9.17, 15) is 8.42 Å². The fraction of sp³-hybridized carbons (Fsp3) is 0.278. The zero-order valence-corrected chi connectivity index (χ0v) is 14.5. The summed E-state index contributed by atoms with van der Waals surface area (Å²) in [5.41, 5.74) is 8.03. The van der Waals surface area contributed by atoms with E-state index >= 15 is 0 Å². The molecule has 3 rings (SSSR count). The molecular formula is C18H19NO2S2. The number of hydrogen-bond acceptors (Lipinski definition) is 3. The molecular weight excluding hydrogens is 326 g/mol. The average molecular weight is 345 g/mol. The second-order valence-corrected chi connectivity index (χ2v) is 8.45. The van der Waals surface area contributed by atoms with Crippen molar-refractivity contribution in [1.82, 2.24) is 0 Å². The average Bonchev–Trinajstić information content (AvgIpc) is 3.32. The predicted molar refractivity (Wildman–Crippen MR) is 96.3 cm³/mol. The van der Waals surface area contributed by atoms with Crippen LogP contribution < -0.4 is 5.73 Å². The number of sulfone groups is 1. The number of rotatable bonds is 5. The largest absolute Gasteiger partial charge is 0.393 e. The molecule has 2 N–H and O–H groups in total. The molecule has 0 bridgehead atoms. The molecule has 1 fully saturated rings. The van der Waals surface area contributed by atoms with Gasteiger partial charge >= 0.3 is 0 Å². The smallest absolute Gasteiger partial charge is 0.182 e. The molecule has 1 aliphatic rings. The molecule has 1 aliphatic carbocycles. The van der Waals surface area contributed by atoms with Crippen molar-refractivity contribution < 1.29 is 8.42 Å². The van der Waals surface area contributed by atoms with Crippen molar-refractivity contribution in [3.05, 3.63) is 65.7 Å². The summed E-state index contributed by atoms with van der Waals surface area (Å²) >= 11 is 5.12. The van der Waals surface area contributed by atoms with Gasteiger partial charge in [-0.25, -0.2) is 8.42 Å². The molecule has 2 aromatic carbocycles. The number of nitrogens with two attached hydrogens (primary N) is 1. The molecule has 0 amide bonds. The Hall–Kier alpha value is -1.72. The summed E-state index contributed by atoms with van der Waals surface area (Å²) in [6.07, 6.45) is 0.954. The van der Waals surface area contributed by atoms with E-state index < -0.39 is 15.1 Å². The molecule has 23 heavy (non-hydrogen) atoms. The van der Waals surface area contributed by atoms with Crippen LogP contribution in [-0.2, 0) is 16.3 Å². The predicted octanol–water partition coefficient (Wildman–Crippen LogP) is 3.09. The Morgan fingerprint density at radius 1 is 1.09 bits per heavy atom. The Labute approximate surface area is 142 Å². The van der Waals surface area contributed by atoms with Crippen molar-refractivity contribution in [3.8, 4) is 0 Å². The van der Waals surface area contributed by atoms with E-state index in [1.807, 2.05) is 24.3 Å². The number of hydrogen-bond donors (Lipinski definition) is 1. The first-order chi connectivity index (χ1) is 11.0. The zero-order chi connectivity index (χ0) is 16.6. The minimum atomic E-state index is -3.44. The van der Waals surface area contributed by atoms with Crippen molar-refractivity contribution in [2.24, 2.45) is 11.7 Å². The summed E-state index contributed by atoms with van der Waals surface area (Å²) in [7, 11) is -3.44. The highest BCUT2D eigenvalue weighted by Gasteiger charge is 2.60. The van der Waals surface area contributed by atoms with E-state index in [1.165, 1.54) is 5.56 Å².